The Morgan fingerprint density at radius 1 is 1.07 bits per heavy atom. The number of methoxy groups -OCH3 is 1. The summed E-state index contributed by atoms with van der Waals surface area (Å²) in [6, 6.07) is -1.71. The van der Waals surface area contributed by atoms with Crippen LogP contribution in [-0.4, -0.2) is 61.1 Å². The minimum Gasteiger partial charge on any atom is -0.467 e. The van der Waals surface area contributed by atoms with Crippen molar-refractivity contribution >= 4 is 23.8 Å². The van der Waals surface area contributed by atoms with Gasteiger partial charge in [0.2, 0.25) is 5.91 Å². The van der Waals surface area contributed by atoms with Crippen LogP contribution in [0, 0.1) is 5.92 Å². The average Bonchev–Trinajstić information content (AvgIpc) is 3.02. The minimum absolute atomic E-state index is 0.0365. The van der Waals surface area contributed by atoms with E-state index in [1.165, 1.54) is 12.0 Å². The van der Waals surface area contributed by atoms with Gasteiger partial charge in [-0.15, -0.1) is 0 Å². The zero-order valence-electron chi connectivity index (χ0n) is 16.0. The number of hydrogen-bond acceptors (Lipinski definition) is 7. The molecule has 8 heteroatoms. The van der Waals surface area contributed by atoms with E-state index in [1.54, 1.807) is 32.9 Å². The van der Waals surface area contributed by atoms with Crippen molar-refractivity contribution < 1.29 is 33.4 Å². The zero-order valence-corrected chi connectivity index (χ0v) is 16.0. The van der Waals surface area contributed by atoms with Crippen LogP contribution in [0.25, 0.3) is 0 Å². The van der Waals surface area contributed by atoms with Crippen molar-refractivity contribution in [1.29, 1.82) is 0 Å². The van der Waals surface area contributed by atoms with E-state index >= 15 is 0 Å². The van der Waals surface area contributed by atoms with Gasteiger partial charge in [0.1, 0.15) is 6.04 Å². The number of hydrogen-bond donors (Lipinski definition) is 0. The topological polar surface area (TPSA) is 99.2 Å². The number of esters is 3. The molecule has 1 aliphatic carbocycles. The Labute approximate surface area is 158 Å². The summed E-state index contributed by atoms with van der Waals surface area (Å²) in [5.74, 6) is -2.59. The molecule has 2 aliphatic rings. The van der Waals surface area contributed by atoms with Crippen LogP contribution in [0.2, 0.25) is 0 Å². The smallest absolute Gasteiger partial charge is 0.337 e. The average molecular weight is 379 g/mol. The quantitative estimate of drug-likeness (QED) is 0.388. The molecule has 0 aromatic carbocycles. The number of likely N-dealkylation sites (tertiary alicyclic amines) is 1. The van der Waals surface area contributed by atoms with Gasteiger partial charge in [0, 0.05) is 12.3 Å². The van der Waals surface area contributed by atoms with Gasteiger partial charge in [0.15, 0.2) is 0 Å². The van der Waals surface area contributed by atoms with Crippen molar-refractivity contribution in [3.8, 4) is 0 Å². The third-order valence-electron chi connectivity index (χ3n) is 4.64. The lowest BCUT2D eigenvalue weighted by atomic mass is 9.85. The molecule has 1 amide bonds. The second-order valence-electron chi connectivity index (χ2n) is 6.27. The van der Waals surface area contributed by atoms with Crippen molar-refractivity contribution in [3.63, 3.8) is 0 Å². The Bertz CT molecular complexity index is 694. The van der Waals surface area contributed by atoms with Gasteiger partial charge in [-0.2, -0.15) is 0 Å². The van der Waals surface area contributed by atoms with Gasteiger partial charge >= 0.3 is 17.9 Å². The van der Waals surface area contributed by atoms with Gasteiger partial charge in [0.25, 0.3) is 0 Å². The maximum absolute atomic E-state index is 12.7. The molecule has 2 rings (SSSR count). The fraction of sp³-hybridized carbons (Fsp3) is 0.579. The Morgan fingerprint density at radius 2 is 1.67 bits per heavy atom. The summed E-state index contributed by atoms with van der Waals surface area (Å²) in [7, 11) is 1.24. The van der Waals surface area contributed by atoms with Crippen molar-refractivity contribution in [3.05, 3.63) is 23.3 Å². The van der Waals surface area contributed by atoms with Gasteiger partial charge in [-0.3, -0.25) is 4.79 Å². The van der Waals surface area contributed by atoms with Crippen LogP contribution >= 0.6 is 0 Å². The number of carbonyl (C=O) groups is 4. The zero-order chi connectivity index (χ0) is 20.1. The number of nitrogens with zero attached hydrogens (tertiary/aromatic N) is 1. The molecule has 0 spiro atoms. The van der Waals surface area contributed by atoms with E-state index in [-0.39, 0.29) is 43.1 Å². The van der Waals surface area contributed by atoms with E-state index in [9.17, 15) is 19.2 Å². The van der Waals surface area contributed by atoms with Crippen LogP contribution in [0.3, 0.4) is 0 Å². The lowest BCUT2D eigenvalue weighted by molar-refractivity contribution is -0.151. The highest BCUT2D eigenvalue weighted by molar-refractivity contribution is 6.03. The fourth-order valence-corrected chi connectivity index (χ4v) is 3.46. The summed E-state index contributed by atoms with van der Waals surface area (Å²) < 4.78 is 15.1. The van der Waals surface area contributed by atoms with Crippen molar-refractivity contribution in [2.45, 2.75) is 45.7 Å². The summed E-state index contributed by atoms with van der Waals surface area (Å²) in [5, 5.41) is 0. The first kappa shape index (κ1) is 20.7. The number of carbonyl (C=O) groups excluding carboxylic acids is 4. The van der Waals surface area contributed by atoms with Crippen molar-refractivity contribution in [1.82, 2.24) is 4.90 Å². The Balaban J connectivity index is 2.56. The van der Waals surface area contributed by atoms with Crippen LogP contribution in [0.5, 0.6) is 0 Å². The van der Waals surface area contributed by atoms with Crippen molar-refractivity contribution in [2.24, 2.45) is 5.92 Å². The van der Waals surface area contributed by atoms with Gasteiger partial charge in [-0.1, -0.05) is 19.1 Å². The van der Waals surface area contributed by atoms with Gasteiger partial charge < -0.3 is 19.1 Å². The molecule has 0 unspecified atom stereocenters. The van der Waals surface area contributed by atoms with Crippen LogP contribution in [0.1, 0.15) is 33.6 Å². The molecule has 148 valence electrons. The Morgan fingerprint density at radius 3 is 2.22 bits per heavy atom. The lowest BCUT2D eigenvalue weighted by Gasteiger charge is -2.34. The Hall–Kier alpha value is -2.64. The minimum atomic E-state index is -0.890. The van der Waals surface area contributed by atoms with Gasteiger partial charge in [-0.05, 0) is 20.3 Å². The molecule has 0 saturated carbocycles. The van der Waals surface area contributed by atoms with Crippen LogP contribution < -0.4 is 0 Å². The first-order valence-corrected chi connectivity index (χ1v) is 9.02. The molecule has 0 aromatic rings. The molecule has 1 saturated heterocycles. The highest BCUT2D eigenvalue weighted by Gasteiger charge is 2.45. The normalized spacial score (nSPS) is 24.8. The predicted octanol–water partition coefficient (Wildman–Crippen LogP) is 1.15. The van der Waals surface area contributed by atoms with Crippen LogP contribution in [-0.2, 0) is 33.4 Å². The molecule has 1 aliphatic heterocycles. The van der Waals surface area contributed by atoms with Crippen molar-refractivity contribution in [2.75, 3.05) is 20.3 Å². The Kier molecular flexibility index (Phi) is 6.76. The molecule has 0 N–H and O–H groups in total. The van der Waals surface area contributed by atoms with Crippen LogP contribution in [0.15, 0.2) is 23.3 Å². The number of allylic oxidation sites excluding steroid dienone is 1. The van der Waals surface area contributed by atoms with E-state index in [1.807, 2.05) is 0 Å². The summed E-state index contributed by atoms with van der Waals surface area (Å²) in [6.07, 6.45) is 3.82. The number of amides is 1. The van der Waals surface area contributed by atoms with E-state index < -0.39 is 35.9 Å². The summed E-state index contributed by atoms with van der Waals surface area (Å²) in [4.78, 5) is 51.2. The van der Waals surface area contributed by atoms with E-state index in [4.69, 9.17) is 14.2 Å². The molecule has 8 nitrogen and oxygen atoms in total. The fourth-order valence-electron chi connectivity index (χ4n) is 3.46. The number of rotatable bonds is 6. The second kappa shape index (κ2) is 8.83. The molecule has 3 atom stereocenters. The van der Waals surface area contributed by atoms with Crippen LogP contribution in [0.4, 0.5) is 0 Å². The molecular formula is C19H25NO7. The molecule has 27 heavy (non-hydrogen) atoms. The molecule has 0 aromatic heterocycles. The molecule has 1 heterocycles. The SMILES string of the molecule is CCOC(=O)C1=C(C(=O)OCC)[C@@H](C)C=C[C@H]1N1C(=O)CC[C@H]1C(=O)OC. The third-order valence-corrected chi connectivity index (χ3v) is 4.64. The first-order chi connectivity index (χ1) is 12.9. The van der Waals surface area contributed by atoms with Gasteiger partial charge in [0.05, 0.1) is 37.5 Å². The van der Waals surface area contributed by atoms with E-state index in [2.05, 4.69) is 0 Å². The second-order valence-corrected chi connectivity index (χ2v) is 6.27. The molecular weight excluding hydrogens is 354 g/mol. The third kappa shape index (κ3) is 4.04. The maximum Gasteiger partial charge on any atom is 0.337 e. The lowest BCUT2D eigenvalue weighted by Crippen LogP contribution is -2.49. The predicted molar refractivity (Wildman–Crippen MR) is 94.3 cm³/mol. The molecule has 1 fully saturated rings. The van der Waals surface area contributed by atoms with E-state index in [0.717, 1.165) is 0 Å². The molecule has 0 bridgehead atoms. The largest absolute Gasteiger partial charge is 0.467 e. The monoisotopic (exact) mass is 379 g/mol. The highest BCUT2D eigenvalue weighted by atomic mass is 16.5. The van der Waals surface area contributed by atoms with Gasteiger partial charge in [-0.25, -0.2) is 14.4 Å². The first-order valence-electron chi connectivity index (χ1n) is 9.02. The standard InChI is InChI=1S/C19H25NO7/c1-5-26-18(23)15-11(3)7-8-12(16(15)19(24)27-6-2)20-13(17(22)25-4)9-10-14(20)21/h7-8,11-13H,5-6,9-10H2,1-4H3/t11-,12+,13-/m0/s1. The highest BCUT2D eigenvalue weighted by Crippen LogP contribution is 2.34. The molecule has 0 radical (unpaired) electrons. The summed E-state index contributed by atoms with van der Waals surface area (Å²) in [6.45, 7) is 5.32. The van der Waals surface area contributed by atoms with E-state index in [0.29, 0.717) is 0 Å². The summed E-state index contributed by atoms with van der Waals surface area (Å²) in [5.41, 5.74) is 0.181. The number of ether oxygens (including phenoxy) is 3. The summed E-state index contributed by atoms with van der Waals surface area (Å²) >= 11 is 0. The maximum atomic E-state index is 12.7.